The van der Waals surface area contributed by atoms with Crippen molar-refractivity contribution in [1.29, 1.82) is 0 Å². The molecule has 2 N–H and O–H groups in total. The minimum Gasteiger partial charge on any atom is -0.496 e. The number of benzene rings is 2. The number of nitrogens with zero attached hydrogens (tertiary/aromatic N) is 2. The number of amides is 1. The maximum absolute atomic E-state index is 12.3. The predicted molar refractivity (Wildman–Crippen MR) is 107 cm³/mol. The second-order valence-electron chi connectivity index (χ2n) is 6.28. The van der Waals surface area contributed by atoms with Gasteiger partial charge in [-0.25, -0.2) is 0 Å². The largest absolute Gasteiger partial charge is 0.496 e. The lowest BCUT2D eigenvalue weighted by molar-refractivity contribution is 0.0944. The van der Waals surface area contributed by atoms with Gasteiger partial charge in [-0.15, -0.1) is 10.2 Å². The second kappa shape index (κ2) is 8.47. The zero-order valence-electron chi connectivity index (χ0n) is 15.8. The molecule has 2 aromatic carbocycles. The average Bonchev–Trinajstić information content (AvgIpc) is 2.78. The molecule has 0 unspecified atom stereocenters. The van der Waals surface area contributed by atoms with E-state index >= 15 is 0 Å². The third-order valence-electron chi connectivity index (χ3n) is 4.34. The summed E-state index contributed by atoms with van der Waals surface area (Å²) in [4.78, 5) is 12.3. The highest BCUT2D eigenvalue weighted by Crippen LogP contribution is 2.33. The molecule has 148 valence electrons. The molecule has 2 heterocycles. The summed E-state index contributed by atoms with van der Waals surface area (Å²) in [5, 5.41) is 14.0. The Morgan fingerprint density at radius 2 is 1.86 bits per heavy atom. The fraction of sp³-hybridized carbons (Fsp3) is 0.190. The Hall–Kier alpha value is -3.81. The van der Waals surface area contributed by atoms with E-state index in [1.807, 2.05) is 42.5 Å². The molecule has 3 aromatic rings. The first-order valence-electron chi connectivity index (χ1n) is 9.13. The monoisotopic (exact) mass is 392 g/mol. The molecule has 8 nitrogen and oxygen atoms in total. The first kappa shape index (κ1) is 18.5. The molecule has 8 heteroatoms. The maximum Gasteiger partial charge on any atom is 0.272 e. The van der Waals surface area contributed by atoms with E-state index in [-0.39, 0.29) is 11.6 Å². The SMILES string of the molecule is COc1ccccc1CNC(=O)c1ccc(Nc2ccc3c(c2)OCCO3)nn1. The first-order chi connectivity index (χ1) is 14.2. The number of aromatic nitrogens is 2. The lowest BCUT2D eigenvalue weighted by Gasteiger charge is -2.19. The molecule has 0 saturated carbocycles. The number of rotatable bonds is 6. The van der Waals surface area contributed by atoms with Crippen LogP contribution in [0.2, 0.25) is 0 Å². The van der Waals surface area contributed by atoms with Crippen LogP contribution in [0, 0.1) is 0 Å². The van der Waals surface area contributed by atoms with Gasteiger partial charge in [-0.3, -0.25) is 4.79 Å². The van der Waals surface area contributed by atoms with Gasteiger partial charge < -0.3 is 24.8 Å². The van der Waals surface area contributed by atoms with Crippen LogP contribution in [-0.4, -0.2) is 36.4 Å². The van der Waals surface area contributed by atoms with Crippen molar-refractivity contribution in [2.45, 2.75) is 6.54 Å². The number of hydrogen-bond donors (Lipinski definition) is 2. The summed E-state index contributed by atoms with van der Waals surface area (Å²) in [6.07, 6.45) is 0. The Kier molecular flexibility index (Phi) is 5.42. The predicted octanol–water partition coefficient (Wildman–Crippen LogP) is 2.93. The van der Waals surface area contributed by atoms with Gasteiger partial charge in [-0.2, -0.15) is 0 Å². The van der Waals surface area contributed by atoms with Crippen molar-refractivity contribution >= 4 is 17.4 Å². The average molecular weight is 392 g/mol. The van der Waals surface area contributed by atoms with Crippen LogP contribution in [0.25, 0.3) is 0 Å². The molecule has 0 saturated heterocycles. The third-order valence-corrected chi connectivity index (χ3v) is 4.34. The summed E-state index contributed by atoms with van der Waals surface area (Å²) in [6.45, 7) is 1.41. The van der Waals surface area contributed by atoms with Gasteiger partial charge >= 0.3 is 0 Å². The molecule has 0 atom stereocenters. The molecule has 0 fully saturated rings. The number of para-hydroxylation sites is 1. The van der Waals surface area contributed by atoms with Crippen molar-refractivity contribution < 1.29 is 19.0 Å². The van der Waals surface area contributed by atoms with E-state index < -0.39 is 0 Å². The number of methoxy groups -OCH3 is 1. The fourth-order valence-electron chi connectivity index (χ4n) is 2.90. The van der Waals surface area contributed by atoms with Crippen molar-refractivity contribution in [1.82, 2.24) is 15.5 Å². The fourth-order valence-corrected chi connectivity index (χ4v) is 2.90. The molecule has 29 heavy (non-hydrogen) atoms. The summed E-state index contributed by atoms with van der Waals surface area (Å²) < 4.78 is 16.4. The van der Waals surface area contributed by atoms with Crippen LogP contribution in [0.3, 0.4) is 0 Å². The summed E-state index contributed by atoms with van der Waals surface area (Å²) >= 11 is 0. The zero-order chi connectivity index (χ0) is 20.1. The van der Waals surface area contributed by atoms with E-state index in [2.05, 4.69) is 20.8 Å². The molecule has 1 aromatic heterocycles. The topological polar surface area (TPSA) is 94.6 Å². The molecule has 1 aliphatic rings. The Bertz CT molecular complexity index is 1010. The molecule has 0 aliphatic carbocycles. The van der Waals surface area contributed by atoms with E-state index in [1.165, 1.54) is 0 Å². The van der Waals surface area contributed by atoms with E-state index in [9.17, 15) is 4.79 Å². The molecule has 1 aliphatic heterocycles. The number of hydrogen-bond acceptors (Lipinski definition) is 7. The van der Waals surface area contributed by atoms with E-state index in [0.29, 0.717) is 31.3 Å². The standard InChI is InChI=1S/C21H20N4O4/c1-27-17-5-3-2-4-14(17)13-22-21(26)16-7-9-20(25-24-16)23-15-6-8-18-19(12-15)29-11-10-28-18/h2-9,12H,10-11,13H2,1H3,(H,22,26)(H,23,25). The molecule has 0 spiro atoms. The van der Waals surface area contributed by atoms with Gasteiger partial charge in [0.2, 0.25) is 0 Å². The van der Waals surface area contributed by atoms with Gasteiger partial charge in [0.25, 0.3) is 5.91 Å². The summed E-state index contributed by atoms with van der Waals surface area (Å²) in [5.41, 5.74) is 1.90. The number of nitrogens with one attached hydrogen (secondary N) is 2. The number of anilines is 2. The number of fused-ring (bicyclic) bond motifs is 1. The first-order valence-corrected chi connectivity index (χ1v) is 9.13. The van der Waals surface area contributed by atoms with Gasteiger partial charge in [0, 0.05) is 23.9 Å². The minimum absolute atomic E-state index is 0.229. The molecule has 0 radical (unpaired) electrons. The van der Waals surface area contributed by atoms with Gasteiger partial charge in [0.15, 0.2) is 23.0 Å². The highest BCUT2D eigenvalue weighted by molar-refractivity contribution is 5.92. The molecular weight excluding hydrogens is 372 g/mol. The van der Waals surface area contributed by atoms with Crippen LogP contribution < -0.4 is 24.8 Å². The van der Waals surface area contributed by atoms with Crippen molar-refractivity contribution in [3.8, 4) is 17.2 Å². The van der Waals surface area contributed by atoms with Crippen LogP contribution in [-0.2, 0) is 6.54 Å². The van der Waals surface area contributed by atoms with Crippen LogP contribution in [0.1, 0.15) is 16.1 Å². The minimum atomic E-state index is -0.311. The molecule has 1 amide bonds. The van der Waals surface area contributed by atoms with E-state index in [0.717, 1.165) is 22.7 Å². The van der Waals surface area contributed by atoms with Crippen molar-refractivity contribution in [2.24, 2.45) is 0 Å². The van der Waals surface area contributed by atoms with Crippen LogP contribution in [0.4, 0.5) is 11.5 Å². The van der Waals surface area contributed by atoms with Gasteiger partial charge in [0.05, 0.1) is 7.11 Å². The Morgan fingerprint density at radius 1 is 1.03 bits per heavy atom. The molecular formula is C21H20N4O4. The number of ether oxygens (including phenoxy) is 3. The Labute approximate surface area is 167 Å². The number of carbonyl (C=O) groups is 1. The van der Waals surface area contributed by atoms with Crippen molar-refractivity contribution in [2.75, 3.05) is 25.6 Å². The van der Waals surface area contributed by atoms with Crippen molar-refractivity contribution in [3.63, 3.8) is 0 Å². The van der Waals surface area contributed by atoms with E-state index in [1.54, 1.807) is 19.2 Å². The van der Waals surface area contributed by atoms with Gasteiger partial charge in [0.1, 0.15) is 19.0 Å². The summed E-state index contributed by atoms with van der Waals surface area (Å²) in [7, 11) is 1.60. The summed E-state index contributed by atoms with van der Waals surface area (Å²) in [5.74, 6) is 2.33. The zero-order valence-corrected chi connectivity index (χ0v) is 15.8. The molecule has 0 bridgehead atoms. The maximum atomic E-state index is 12.3. The Morgan fingerprint density at radius 3 is 2.66 bits per heavy atom. The quantitative estimate of drug-likeness (QED) is 0.666. The number of carbonyl (C=O) groups excluding carboxylic acids is 1. The highest BCUT2D eigenvalue weighted by atomic mass is 16.6. The van der Waals surface area contributed by atoms with Gasteiger partial charge in [-0.05, 0) is 30.3 Å². The normalized spacial score (nSPS) is 12.2. The Balaban J connectivity index is 1.38. The summed E-state index contributed by atoms with van der Waals surface area (Å²) in [6, 6.07) is 16.4. The van der Waals surface area contributed by atoms with Crippen LogP contribution in [0.15, 0.2) is 54.6 Å². The lowest BCUT2D eigenvalue weighted by atomic mass is 10.2. The van der Waals surface area contributed by atoms with Gasteiger partial charge in [-0.1, -0.05) is 18.2 Å². The second-order valence-corrected chi connectivity index (χ2v) is 6.28. The lowest BCUT2D eigenvalue weighted by Crippen LogP contribution is -2.24. The highest BCUT2D eigenvalue weighted by Gasteiger charge is 2.13. The van der Waals surface area contributed by atoms with E-state index in [4.69, 9.17) is 14.2 Å². The smallest absolute Gasteiger partial charge is 0.272 e. The third kappa shape index (κ3) is 4.37. The van der Waals surface area contributed by atoms with Crippen molar-refractivity contribution in [3.05, 3.63) is 65.9 Å². The van der Waals surface area contributed by atoms with Crippen LogP contribution >= 0.6 is 0 Å². The molecule has 4 rings (SSSR count). The van der Waals surface area contributed by atoms with Crippen LogP contribution in [0.5, 0.6) is 17.2 Å².